The number of carbonyl (C=O) groups is 2. The summed E-state index contributed by atoms with van der Waals surface area (Å²) in [6, 6.07) is 21.8. The van der Waals surface area contributed by atoms with Gasteiger partial charge in [-0.3, -0.25) is 9.10 Å². The highest BCUT2D eigenvalue weighted by molar-refractivity contribution is 7.92. The van der Waals surface area contributed by atoms with Crippen molar-refractivity contribution in [2.45, 2.75) is 6.92 Å². The van der Waals surface area contributed by atoms with E-state index >= 15 is 0 Å². The number of ketones is 1. The average Bonchev–Trinajstić information content (AvgIpc) is 2.82. The molecule has 0 atom stereocenters. The molecule has 0 aromatic heterocycles. The van der Waals surface area contributed by atoms with Gasteiger partial charge in [0.1, 0.15) is 0 Å². The summed E-state index contributed by atoms with van der Waals surface area (Å²) in [5, 5.41) is 9.38. The van der Waals surface area contributed by atoms with Crippen LogP contribution in [0.5, 0.6) is 0 Å². The van der Waals surface area contributed by atoms with E-state index in [1.54, 1.807) is 55.5 Å². The van der Waals surface area contributed by atoms with E-state index in [0.29, 0.717) is 27.9 Å². The molecule has 0 unspecified atom stereocenters. The van der Waals surface area contributed by atoms with E-state index < -0.39 is 28.4 Å². The summed E-state index contributed by atoms with van der Waals surface area (Å²) in [7, 11) is -3.43. The first-order chi connectivity index (χ1) is 15.8. The lowest BCUT2D eigenvalue weighted by Gasteiger charge is -2.20. The van der Waals surface area contributed by atoms with Crippen LogP contribution in [-0.2, 0) is 14.8 Å². The Morgan fingerprint density at radius 2 is 1.55 bits per heavy atom. The average molecular weight is 463 g/mol. The summed E-state index contributed by atoms with van der Waals surface area (Å²) in [6.45, 7) is 1.50. The number of benzene rings is 3. The predicted molar refractivity (Wildman–Crippen MR) is 126 cm³/mol. The van der Waals surface area contributed by atoms with Gasteiger partial charge in [-0.15, -0.1) is 0 Å². The van der Waals surface area contributed by atoms with Crippen molar-refractivity contribution in [1.29, 1.82) is 5.26 Å². The van der Waals surface area contributed by atoms with Crippen molar-refractivity contribution in [2.75, 3.05) is 23.7 Å². The van der Waals surface area contributed by atoms with E-state index in [9.17, 15) is 23.3 Å². The first kappa shape index (κ1) is 23.7. The first-order valence-corrected chi connectivity index (χ1v) is 12.0. The fraction of sp³-hybridized carbons (Fsp3) is 0.160. The van der Waals surface area contributed by atoms with Gasteiger partial charge >= 0.3 is 5.97 Å². The van der Waals surface area contributed by atoms with Crippen LogP contribution in [0, 0.1) is 11.3 Å². The molecule has 0 saturated heterocycles. The topological polar surface area (TPSA) is 105 Å². The van der Waals surface area contributed by atoms with Crippen LogP contribution in [-0.4, -0.2) is 39.6 Å². The molecule has 3 aromatic carbocycles. The van der Waals surface area contributed by atoms with Crippen molar-refractivity contribution in [2.24, 2.45) is 0 Å². The van der Waals surface area contributed by atoms with Crippen molar-refractivity contribution in [3.05, 3.63) is 89.5 Å². The molecule has 0 amide bonds. The largest absolute Gasteiger partial charge is 0.454 e. The van der Waals surface area contributed by atoms with Crippen molar-refractivity contribution < 1.29 is 22.7 Å². The zero-order chi connectivity index (χ0) is 24.0. The lowest BCUT2D eigenvalue weighted by molar-refractivity contribution is 0.0475. The molecule has 0 saturated carbocycles. The number of ether oxygens (including phenoxy) is 1. The number of nitrogens with zero attached hydrogens (tertiary/aromatic N) is 2. The zero-order valence-electron chi connectivity index (χ0n) is 18.2. The second kappa shape index (κ2) is 10.1. The Labute approximate surface area is 192 Å². The summed E-state index contributed by atoms with van der Waals surface area (Å²) in [5.74, 6) is -1.11. The van der Waals surface area contributed by atoms with Crippen LogP contribution in [0.2, 0.25) is 0 Å². The minimum atomic E-state index is -3.43. The molecule has 0 N–H and O–H groups in total. The molecule has 0 aliphatic heterocycles. The van der Waals surface area contributed by atoms with Gasteiger partial charge in [0.15, 0.2) is 12.4 Å². The normalized spacial score (nSPS) is 10.8. The fourth-order valence-corrected chi connectivity index (χ4v) is 4.40. The quantitative estimate of drug-likeness (QED) is 0.369. The molecule has 3 rings (SSSR count). The van der Waals surface area contributed by atoms with Gasteiger partial charge in [-0.1, -0.05) is 36.4 Å². The third-order valence-corrected chi connectivity index (χ3v) is 6.25. The number of sulfonamides is 1. The molecule has 0 bridgehead atoms. The van der Waals surface area contributed by atoms with E-state index in [0.717, 1.165) is 6.26 Å². The molecular formula is C25H22N2O5S. The summed E-state index contributed by atoms with van der Waals surface area (Å²) in [5.41, 5.74) is 2.54. The number of Topliss-reactive ketones (excluding diaryl/α,β-unsaturated/α-hetero) is 1. The molecule has 0 radical (unpaired) electrons. The number of esters is 1. The molecule has 0 aliphatic carbocycles. The number of carbonyl (C=O) groups excluding carboxylic acids is 2. The van der Waals surface area contributed by atoms with Crippen LogP contribution in [0.4, 0.5) is 5.69 Å². The lowest BCUT2D eigenvalue weighted by atomic mass is 9.96. The highest BCUT2D eigenvalue weighted by Gasteiger charge is 2.19. The molecule has 0 heterocycles. The van der Waals surface area contributed by atoms with E-state index in [1.807, 2.05) is 0 Å². The van der Waals surface area contributed by atoms with Gasteiger partial charge in [-0.25, -0.2) is 13.2 Å². The SMILES string of the molecule is CCN(c1ccc(C(=O)COC(=O)c2ccccc2-c2ccccc2C#N)cc1)S(C)(=O)=O. The van der Waals surface area contributed by atoms with E-state index in [4.69, 9.17) is 4.74 Å². The van der Waals surface area contributed by atoms with Gasteiger partial charge in [0, 0.05) is 17.7 Å². The van der Waals surface area contributed by atoms with Gasteiger partial charge in [-0.2, -0.15) is 5.26 Å². The van der Waals surface area contributed by atoms with Crippen LogP contribution in [0.3, 0.4) is 0 Å². The van der Waals surface area contributed by atoms with Crippen molar-refractivity contribution >= 4 is 27.5 Å². The van der Waals surface area contributed by atoms with Crippen molar-refractivity contribution in [3.63, 3.8) is 0 Å². The lowest BCUT2D eigenvalue weighted by Crippen LogP contribution is -2.29. The van der Waals surface area contributed by atoms with E-state index in [1.165, 1.54) is 28.6 Å². The summed E-state index contributed by atoms with van der Waals surface area (Å²) in [4.78, 5) is 25.3. The van der Waals surface area contributed by atoms with Gasteiger partial charge < -0.3 is 4.74 Å². The van der Waals surface area contributed by atoms with Crippen LogP contribution < -0.4 is 4.31 Å². The highest BCUT2D eigenvalue weighted by atomic mass is 32.2. The number of anilines is 1. The zero-order valence-corrected chi connectivity index (χ0v) is 19.0. The number of nitriles is 1. The Morgan fingerprint density at radius 1 is 0.939 bits per heavy atom. The van der Waals surface area contributed by atoms with Crippen molar-refractivity contribution in [1.82, 2.24) is 0 Å². The molecule has 0 aliphatic rings. The maximum absolute atomic E-state index is 12.7. The molecule has 0 spiro atoms. The Kier molecular flexibility index (Phi) is 7.26. The smallest absolute Gasteiger partial charge is 0.339 e. The van der Waals surface area contributed by atoms with Gasteiger partial charge in [0.25, 0.3) is 0 Å². The molecule has 33 heavy (non-hydrogen) atoms. The Bertz CT molecular complexity index is 1330. The third kappa shape index (κ3) is 5.45. The highest BCUT2D eigenvalue weighted by Crippen LogP contribution is 2.27. The Balaban J connectivity index is 1.75. The maximum atomic E-state index is 12.7. The predicted octanol–water partition coefficient (Wildman–Crippen LogP) is 4.05. The van der Waals surface area contributed by atoms with E-state index in [2.05, 4.69) is 6.07 Å². The molecule has 168 valence electrons. The molecule has 3 aromatic rings. The maximum Gasteiger partial charge on any atom is 0.339 e. The van der Waals surface area contributed by atoms with Crippen LogP contribution in [0.25, 0.3) is 11.1 Å². The minimum Gasteiger partial charge on any atom is -0.454 e. The molecule has 7 nitrogen and oxygen atoms in total. The summed E-state index contributed by atoms with van der Waals surface area (Å²) in [6.07, 6.45) is 1.11. The third-order valence-electron chi connectivity index (χ3n) is 4.98. The Morgan fingerprint density at radius 3 is 2.15 bits per heavy atom. The fourth-order valence-electron chi connectivity index (χ4n) is 3.43. The van der Waals surface area contributed by atoms with Gasteiger partial charge in [0.2, 0.25) is 10.0 Å². The monoisotopic (exact) mass is 462 g/mol. The van der Waals surface area contributed by atoms with Gasteiger partial charge in [-0.05, 0) is 48.9 Å². The second-order valence-electron chi connectivity index (χ2n) is 7.18. The standard InChI is InChI=1S/C25H22N2O5S/c1-3-27(33(2,30)31)20-14-12-18(13-15-20)24(28)17-32-25(29)23-11-7-6-10-22(23)21-9-5-4-8-19(21)16-26/h4-15H,3,17H2,1-2H3. The van der Waals surface area contributed by atoms with Gasteiger partial charge in [0.05, 0.1) is 29.1 Å². The summed E-state index contributed by atoms with van der Waals surface area (Å²) >= 11 is 0. The van der Waals surface area contributed by atoms with Crippen molar-refractivity contribution in [3.8, 4) is 17.2 Å². The molecular weight excluding hydrogens is 440 g/mol. The minimum absolute atomic E-state index is 0.245. The molecule has 0 fully saturated rings. The van der Waals surface area contributed by atoms with Crippen LogP contribution >= 0.6 is 0 Å². The van der Waals surface area contributed by atoms with Crippen LogP contribution in [0.1, 0.15) is 33.2 Å². The molecule has 8 heteroatoms. The Hall–Kier alpha value is -3.96. The summed E-state index contributed by atoms with van der Waals surface area (Å²) < 4.78 is 30.2. The number of rotatable bonds is 8. The number of hydrogen-bond acceptors (Lipinski definition) is 6. The van der Waals surface area contributed by atoms with E-state index in [-0.39, 0.29) is 12.1 Å². The second-order valence-corrected chi connectivity index (χ2v) is 9.08. The number of hydrogen-bond donors (Lipinski definition) is 0. The first-order valence-electron chi connectivity index (χ1n) is 10.1. The van der Waals surface area contributed by atoms with Crippen LogP contribution in [0.15, 0.2) is 72.8 Å².